The van der Waals surface area contributed by atoms with Gasteiger partial charge in [-0.2, -0.15) is 0 Å². The zero-order valence-corrected chi connectivity index (χ0v) is 58.4. The summed E-state index contributed by atoms with van der Waals surface area (Å²) in [4.78, 5) is 0. The first-order chi connectivity index (χ1) is 43.2. The van der Waals surface area contributed by atoms with Gasteiger partial charge in [0.1, 0.15) is 0 Å². The fourth-order valence-corrected chi connectivity index (χ4v) is 13.5. The van der Waals surface area contributed by atoms with Crippen molar-refractivity contribution in [3.63, 3.8) is 0 Å². The molecule has 1 heterocycles. The third-order valence-electron chi connectivity index (χ3n) is 19.2. The van der Waals surface area contributed by atoms with Crippen molar-refractivity contribution in [2.24, 2.45) is 0 Å². The Morgan fingerprint density at radius 1 is 0.264 bits per heavy atom. The highest BCUT2D eigenvalue weighted by Gasteiger charge is 2.31. The highest BCUT2D eigenvalue weighted by atomic mass is 15.2. The monoisotopic (exact) mass is 1190 g/mol. The standard InChI is InChI=1S/C85H142N2/c1-4-7-10-13-16-19-22-25-28-31-34-36-38-41-43-46-49-52-55-58-61-64-71-79-73-67-69-76-82(79)84-78-81(75-66-63-60-57-54-51-48-45-40-33-30-27-24-21-18-15-12-9-6-3)85(87(84)86)83-77-70-68-74-80(83)72-65-62-59-56-53-50-47-44-42-39-37-35-32-29-26-23-20-17-14-11-8-5-2/h67-70,73-74,76-78H,4-54,57,60-66,71-72,75H2,1-3H3. The van der Waals surface area contributed by atoms with Crippen molar-refractivity contribution in [1.82, 2.24) is 0 Å². The average Bonchev–Trinajstić information content (AvgIpc) is 1.78. The van der Waals surface area contributed by atoms with E-state index in [2.05, 4.69) is 99.1 Å². The van der Waals surface area contributed by atoms with Gasteiger partial charge in [-0.3, -0.25) is 0 Å². The number of rotatable bonds is 62. The Hall–Kier alpha value is -3.36. The lowest BCUT2D eigenvalue weighted by atomic mass is 9.95. The van der Waals surface area contributed by atoms with E-state index in [-0.39, 0.29) is 0 Å². The smallest absolute Gasteiger partial charge is 0.211 e. The van der Waals surface area contributed by atoms with Crippen LogP contribution in [0.1, 0.15) is 428 Å². The number of allylic oxidation sites excluding steroid dienone is 2. The lowest BCUT2D eigenvalue weighted by molar-refractivity contribution is -0.344. The first-order valence-corrected chi connectivity index (χ1v) is 39.2. The molecule has 1 aliphatic rings. The van der Waals surface area contributed by atoms with Crippen LogP contribution in [0, 0.1) is 23.7 Å². The Balaban J connectivity index is 1.42. The van der Waals surface area contributed by atoms with E-state index in [1.54, 1.807) is 4.70 Å². The van der Waals surface area contributed by atoms with Crippen molar-refractivity contribution in [3.05, 3.63) is 88.0 Å². The molecule has 87 heavy (non-hydrogen) atoms. The van der Waals surface area contributed by atoms with E-state index >= 15 is 0 Å². The molecule has 2 aromatic carbocycles. The zero-order valence-electron chi connectivity index (χ0n) is 58.4. The maximum Gasteiger partial charge on any atom is 0.211 e. The molecule has 3 rings (SSSR count). The van der Waals surface area contributed by atoms with Crippen molar-refractivity contribution >= 4 is 11.4 Å². The number of benzene rings is 2. The Morgan fingerprint density at radius 3 is 0.816 bits per heavy atom. The molecule has 0 aromatic heterocycles. The molecule has 0 N–H and O–H groups in total. The minimum atomic E-state index is 0.931. The van der Waals surface area contributed by atoms with Gasteiger partial charge < -0.3 is 5.53 Å². The van der Waals surface area contributed by atoms with Crippen LogP contribution < -0.4 is 0 Å². The molecular weight excluding hydrogens is 1050 g/mol. The SMILES string of the molecule is CCCCCCCCCCCCCCCCCCCC#CCCCc1ccccc1C1=CC(CCCCCCCCCCCCCCCCCCCCC)=C(c2ccccc2CCCC#CCCCCCCCCCCCCCCCCCCC)[N+]1=[N-]. The van der Waals surface area contributed by atoms with Gasteiger partial charge in [0.15, 0.2) is 0 Å². The minimum absolute atomic E-state index is 0.931. The molecule has 2 nitrogen and oxygen atoms in total. The Morgan fingerprint density at radius 2 is 0.506 bits per heavy atom. The Labute approximate surface area is 543 Å². The summed E-state index contributed by atoms with van der Waals surface area (Å²) in [6, 6.07) is 17.7. The molecule has 2 aromatic rings. The minimum Gasteiger partial charge on any atom is -0.493 e. The summed E-state index contributed by atoms with van der Waals surface area (Å²) in [6.07, 6.45) is 85.7. The molecule has 0 saturated heterocycles. The maximum absolute atomic E-state index is 12.4. The summed E-state index contributed by atoms with van der Waals surface area (Å²) < 4.78 is 1.57. The van der Waals surface area contributed by atoms with E-state index in [9.17, 15) is 5.53 Å². The van der Waals surface area contributed by atoms with Gasteiger partial charge in [0, 0.05) is 48.5 Å². The molecule has 0 radical (unpaired) electrons. The predicted octanol–water partition coefficient (Wildman–Crippen LogP) is 29.0. The van der Waals surface area contributed by atoms with Crippen molar-refractivity contribution in [2.75, 3.05) is 0 Å². The normalized spacial score (nSPS) is 12.3. The summed E-state index contributed by atoms with van der Waals surface area (Å²) in [5.74, 6) is 14.1. The van der Waals surface area contributed by atoms with Crippen LogP contribution in [0.4, 0.5) is 0 Å². The van der Waals surface area contributed by atoms with Gasteiger partial charge in [-0.1, -0.05) is 378 Å². The molecule has 0 fully saturated rings. The second kappa shape index (κ2) is 60.2. The molecular formula is C85H142N2. The van der Waals surface area contributed by atoms with Gasteiger partial charge in [0.2, 0.25) is 11.4 Å². The molecule has 0 bridgehead atoms. The van der Waals surface area contributed by atoms with Gasteiger partial charge in [-0.15, -0.1) is 23.7 Å². The molecule has 492 valence electrons. The van der Waals surface area contributed by atoms with Crippen molar-refractivity contribution in [1.29, 1.82) is 0 Å². The topological polar surface area (TPSA) is 25.3 Å². The molecule has 0 amide bonds. The van der Waals surface area contributed by atoms with E-state index in [1.165, 1.54) is 356 Å². The van der Waals surface area contributed by atoms with Crippen molar-refractivity contribution in [3.8, 4) is 23.7 Å². The molecule has 2 heteroatoms. The third kappa shape index (κ3) is 43.1. The van der Waals surface area contributed by atoms with Gasteiger partial charge in [-0.05, 0) is 74.6 Å². The highest BCUT2D eigenvalue weighted by Crippen LogP contribution is 2.40. The summed E-state index contributed by atoms with van der Waals surface area (Å²) >= 11 is 0. The highest BCUT2D eigenvalue weighted by molar-refractivity contribution is 5.80. The first-order valence-electron chi connectivity index (χ1n) is 39.2. The van der Waals surface area contributed by atoms with E-state index in [1.807, 2.05) is 0 Å². The van der Waals surface area contributed by atoms with Crippen LogP contribution in [0.25, 0.3) is 16.9 Å². The summed E-state index contributed by atoms with van der Waals surface area (Å²) in [5.41, 5.74) is 20.6. The number of aryl methyl sites for hydroxylation is 2. The van der Waals surface area contributed by atoms with Crippen LogP contribution >= 0.6 is 0 Å². The van der Waals surface area contributed by atoms with Gasteiger partial charge in [-0.25, -0.2) is 4.70 Å². The largest absolute Gasteiger partial charge is 0.493 e. The van der Waals surface area contributed by atoms with Crippen molar-refractivity contribution < 1.29 is 4.70 Å². The van der Waals surface area contributed by atoms with Crippen LogP contribution in [-0.2, 0) is 12.8 Å². The number of unbranched alkanes of at least 4 members (excludes halogenated alkanes) is 54. The van der Waals surface area contributed by atoms with Crippen LogP contribution in [0.3, 0.4) is 0 Å². The van der Waals surface area contributed by atoms with Gasteiger partial charge >= 0.3 is 0 Å². The first kappa shape index (κ1) is 77.9. The molecule has 0 spiro atoms. The van der Waals surface area contributed by atoms with E-state index < -0.39 is 0 Å². The second-order valence-electron chi connectivity index (χ2n) is 27.4. The lowest BCUT2D eigenvalue weighted by Crippen LogP contribution is -2.06. The van der Waals surface area contributed by atoms with Crippen LogP contribution in [0.5, 0.6) is 0 Å². The number of hydrogen-bond donors (Lipinski definition) is 0. The van der Waals surface area contributed by atoms with E-state index in [0.29, 0.717) is 0 Å². The molecule has 0 aliphatic carbocycles. The van der Waals surface area contributed by atoms with Gasteiger partial charge in [0.05, 0.1) is 0 Å². The third-order valence-corrected chi connectivity index (χ3v) is 19.2. The second-order valence-corrected chi connectivity index (χ2v) is 27.4. The summed E-state index contributed by atoms with van der Waals surface area (Å²) in [7, 11) is 0. The Kier molecular flexibility index (Phi) is 53.9. The zero-order chi connectivity index (χ0) is 61.7. The Bertz CT molecular complexity index is 2080. The van der Waals surface area contributed by atoms with Crippen LogP contribution in [-0.4, -0.2) is 4.70 Å². The predicted molar refractivity (Wildman–Crippen MR) is 388 cm³/mol. The fourth-order valence-electron chi connectivity index (χ4n) is 13.5. The van der Waals surface area contributed by atoms with Crippen LogP contribution in [0.2, 0.25) is 0 Å². The summed E-state index contributed by atoms with van der Waals surface area (Å²) in [5, 5.41) is 0. The number of hydrogen-bond acceptors (Lipinski definition) is 0. The lowest BCUT2D eigenvalue weighted by Gasteiger charge is -2.15. The van der Waals surface area contributed by atoms with E-state index in [0.717, 1.165) is 81.2 Å². The average molecular weight is 1190 g/mol. The van der Waals surface area contributed by atoms with Crippen molar-refractivity contribution in [2.45, 2.75) is 419 Å². The number of nitrogens with zero attached hydrogens (tertiary/aromatic N) is 2. The molecule has 1 aliphatic heterocycles. The quantitative estimate of drug-likeness (QED) is 0.0358. The van der Waals surface area contributed by atoms with Gasteiger partial charge in [0.25, 0.3) is 0 Å². The molecule has 0 saturated carbocycles. The summed E-state index contributed by atoms with van der Waals surface area (Å²) in [6.45, 7) is 6.93. The maximum atomic E-state index is 12.4. The fraction of sp³-hybridized carbons (Fsp3) is 0.765. The molecule has 0 atom stereocenters. The molecule has 0 unspecified atom stereocenters. The van der Waals surface area contributed by atoms with E-state index in [4.69, 9.17) is 0 Å². The van der Waals surface area contributed by atoms with Crippen LogP contribution in [0.15, 0.2) is 60.2 Å².